The van der Waals surface area contributed by atoms with E-state index in [0.717, 1.165) is 44.2 Å². The highest BCUT2D eigenvalue weighted by Crippen LogP contribution is 2.26. The number of carbonyl (C=O) groups excluding carboxylic acids is 1. The molecule has 1 N–H and O–H groups in total. The van der Waals surface area contributed by atoms with Crippen molar-refractivity contribution in [1.29, 1.82) is 0 Å². The summed E-state index contributed by atoms with van der Waals surface area (Å²) in [6.45, 7) is 11.4. The number of amides is 1. The number of hydrogen-bond donors (Lipinski definition) is 1. The number of morpholine rings is 1. The fourth-order valence-corrected chi connectivity index (χ4v) is 3.65. The van der Waals surface area contributed by atoms with Crippen LogP contribution in [-0.2, 0) is 16.7 Å². The number of carbonyl (C=O) groups is 1. The number of nitrogens with zero attached hydrogens (tertiary/aromatic N) is 3. The molecule has 0 radical (unpaired) electrons. The third-order valence-corrected chi connectivity index (χ3v) is 5.63. The molecule has 1 aromatic heterocycles. The van der Waals surface area contributed by atoms with Crippen LogP contribution in [-0.4, -0.2) is 60.4 Å². The van der Waals surface area contributed by atoms with Gasteiger partial charge >= 0.3 is 0 Å². The SMILES string of the molecule is CC(C)(C)c1noc(-c2ccccc2C(=O)NCc2cccc(OCCN3CCOCC3)c2)n1. The van der Waals surface area contributed by atoms with Crippen LogP contribution in [0.2, 0.25) is 0 Å². The third kappa shape index (κ3) is 6.21. The quantitative estimate of drug-likeness (QED) is 0.544. The Kier molecular flexibility index (Phi) is 7.59. The van der Waals surface area contributed by atoms with Gasteiger partial charge in [0, 0.05) is 31.6 Å². The minimum absolute atomic E-state index is 0.204. The lowest BCUT2D eigenvalue weighted by Gasteiger charge is -2.26. The third-order valence-electron chi connectivity index (χ3n) is 5.63. The highest BCUT2D eigenvalue weighted by molar-refractivity contribution is 5.99. The molecule has 1 amide bonds. The number of hydrogen-bond acceptors (Lipinski definition) is 7. The largest absolute Gasteiger partial charge is 0.492 e. The Morgan fingerprint density at radius 3 is 2.68 bits per heavy atom. The van der Waals surface area contributed by atoms with Crippen molar-refractivity contribution >= 4 is 5.91 Å². The molecule has 1 aliphatic rings. The predicted molar refractivity (Wildman–Crippen MR) is 129 cm³/mol. The molecule has 4 rings (SSSR count). The molecular weight excluding hydrogens is 432 g/mol. The van der Waals surface area contributed by atoms with Crippen molar-refractivity contribution in [3.8, 4) is 17.2 Å². The fraction of sp³-hybridized carbons (Fsp3) is 0.423. The first-order chi connectivity index (χ1) is 16.4. The smallest absolute Gasteiger partial charge is 0.258 e. The highest BCUT2D eigenvalue weighted by atomic mass is 16.5. The second kappa shape index (κ2) is 10.8. The van der Waals surface area contributed by atoms with Crippen molar-refractivity contribution in [2.24, 2.45) is 0 Å². The Bertz CT molecular complexity index is 1100. The van der Waals surface area contributed by atoms with Gasteiger partial charge in [-0.05, 0) is 29.8 Å². The van der Waals surface area contributed by atoms with Crippen molar-refractivity contribution in [1.82, 2.24) is 20.4 Å². The molecule has 0 spiro atoms. The second-order valence-electron chi connectivity index (χ2n) is 9.35. The molecule has 0 aliphatic carbocycles. The number of rotatable bonds is 8. The van der Waals surface area contributed by atoms with E-state index in [1.165, 1.54) is 0 Å². The Morgan fingerprint density at radius 2 is 1.91 bits per heavy atom. The standard InChI is InChI=1S/C26H32N4O4/c1-26(2,3)25-28-24(34-29-25)22-10-5-4-9-21(22)23(31)27-18-19-7-6-8-20(17-19)33-16-13-30-11-14-32-15-12-30/h4-10,17H,11-16,18H2,1-3H3,(H,27,31). The van der Waals surface area contributed by atoms with Crippen molar-refractivity contribution < 1.29 is 18.8 Å². The molecule has 0 bridgehead atoms. The van der Waals surface area contributed by atoms with E-state index >= 15 is 0 Å². The second-order valence-corrected chi connectivity index (χ2v) is 9.35. The number of aromatic nitrogens is 2. The summed E-state index contributed by atoms with van der Waals surface area (Å²) >= 11 is 0. The molecule has 34 heavy (non-hydrogen) atoms. The molecule has 8 nitrogen and oxygen atoms in total. The Hall–Kier alpha value is -3.23. The monoisotopic (exact) mass is 464 g/mol. The zero-order valence-corrected chi connectivity index (χ0v) is 20.0. The maximum atomic E-state index is 13.0. The lowest BCUT2D eigenvalue weighted by molar-refractivity contribution is 0.0322. The zero-order chi connectivity index (χ0) is 24.0. The van der Waals surface area contributed by atoms with E-state index in [1.54, 1.807) is 6.07 Å². The lowest BCUT2D eigenvalue weighted by atomic mass is 9.96. The summed E-state index contributed by atoms with van der Waals surface area (Å²) in [4.78, 5) is 19.8. The topological polar surface area (TPSA) is 89.7 Å². The lowest BCUT2D eigenvalue weighted by Crippen LogP contribution is -2.38. The predicted octanol–water partition coefficient (Wildman–Crippen LogP) is 3.68. The van der Waals surface area contributed by atoms with E-state index in [4.69, 9.17) is 14.0 Å². The van der Waals surface area contributed by atoms with Crippen LogP contribution in [0.25, 0.3) is 11.5 Å². The zero-order valence-electron chi connectivity index (χ0n) is 20.0. The van der Waals surface area contributed by atoms with Gasteiger partial charge in [-0.15, -0.1) is 0 Å². The number of benzene rings is 2. The minimum atomic E-state index is -0.242. The summed E-state index contributed by atoms with van der Waals surface area (Å²) in [6, 6.07) is 15.0. The van der Waals surface area contributed by atoms with Gasteiger partial charge in [0.15, 0.2) is 5.82 Å². The van der Waals surface area contributed by atoms with Crippen molar-refractivity contribution in [2.45, 2.75) is 32.7 Å². The first-order valence-electron chi connectivity index (χ1n) is 11.6. The van der Waals surface area contributed by atoms with Crippen LogP contribution >= 0.6 is 0 Å². The summed E-state index contributed by atoms with van der Waals surface area (Å²) in [5.74, 6) is 1.53. The Balaban J connectivity index is 1.36. The van der Waals surface area contributed by atoms with Gasteiger partial charge in [0.2, 0.25) is 0 Å². The van der Waals surface area contributed by atoms with Crippen LogP contribution in [0.4, 0.5) is 0 Å². The maximum absolute atomic E-state index is 13.0. The van der Waals surface area contributed by atoms with Gasteiger partial charge in [-0.25, -0.2) is 0 Å². The molecule has 180 valence electrons. The molecule has 3 aromatic rings. The van der Waals surface area contributed by atoms with E-state index in [9.17, 15) is 4.79 Å². The van der Waals surface area contributed by atoms with Gasteiger partial charge in [-0.1, -0.05) is 50.2 Å². The van der Waals surface area contributed by atoms with Crippen LogP contribution in [0, 0.1) is 0 Å². The number of nitrogens with one attached hydrogen (secondary N) is 1. The molecule has 0 saturated carbocycles. The number of ether oxygens (including phenoxy) is 2. The van der Waals surface area contributed by atoms with Crippen LogP contribution in [0.15, 0.2) is 53.1 Å². The molecule has 0 unspecified atom stereocenters. The molecule has 1 saturated heterocycles. The Labute approximate surface area is 200 Å². The first kappa shape index (κ1) is 23.9. The van der Waals surface area contributed by atoms with Crippen LogP contribution in [0.3, 0.4) is 0 Å². The molecule has 2 aromatic carbocycles. The van der Waals surface area contributed by atoms with Gasteiger partial charge in [-0.2, -0.15) is 4.98 Å². The summed E-state index contributed by atoms with van der Waals surface area (Å²) in [7, 11) is 0. The van der Waals surface area contributed by atoms with Crippen LogP contribution in [0.1, 0.15) is 42.5 Å². The van der Waals surface area contributed by atoms with Crippen LogP contribution in [0.5, 0.6) is 5.75 Å². The maximum Gasteiger partial charge on any atom is 0.258 e. The minimum Gasteiger partial charge on any atom is -0.492 e. The molecule has 2 heterocycles. The van der Waals surface area contributed by atoms with E-state index < -0.39 is 0 Å². The van der Waals surface area contributed by atoms with Crippen molar-refractivity contribution in [3.05, 3.63) is 65.5 Å². The Morgan fingerprint density at radius 1 is 1.12 bits per heavy atom. The van der Waals surface area contributed by atoms with E-state index in [-0.39, 0.29) is 11.3 Å². The van der Waals surface area contributed by atoms with Crippen molar-refractivity contribution in [3.63, 3.8) is 0 Å². The average molecular weight is 465 g/mol. The normalized spacial score (nSPS) is 14.7. The van der Waals surface area contributed by atoms with E-state index in [0.29, 0.717) is 36.0 Å². The molecule has 1 aliphatic heterocycles. The van der Waals surface area contributed by atoms with Crippen molar-refractivity contribution in [2.75, 3.05) is 39.5 Å². The van der Waals surface area contributed by atoms with Gasteiger partial charge in [0.25, 0.3) is 11.8 Å². The summed E-state index contributed by atoms with van der Waals surface area (Å²) < 4.78 is 16.8. The molecular formula is C26H32N4O4. The van der Waals surface area contributed by atoms with Gasteiger partial charge < -0.3 is 19.3 Å². The van der Waals surface area contributed by atoms with Gasteiger partial charge in [0.1, 0.15) is 12.4 Å². The van der Waals surface area contributed by atoms with Crippen LogP contribution < -0.4 is 10.1 Å². The fourth-order valence-electron chi connectivity index (χ4n) is 3.65. The summed E-state index contributed by atoms with van der Waals surface area (Å²) in [5, 5.41) is 7.07. The molecule has 0 atom stereocenters. The van der Waals surface area contributed by atoms with Gasteiger partial charge in [-0.3, -0.25) is 9.69 Å². The summed E-state index contributed by atoms with van der Waals surface area (Å²) in [6.07, 6.45) is 0. The highest BCUT2D eigenvalue weighted by Gasteiger charge is 2.23. The molecule has 1 fully saturated rings. The van der Waals surface area contributed by atoms with E-state index in [2.05, 4.69) is 20.4 Å². The van der Waals surface area contributed by atoms with Gasteiger partial charge in [0.05, 0.1) is 24.3 Å². The summed E-state index contributed by atoms with van der Waals surface area (Å²) in [5.41, 5.74) is 1.82. The van der Waals surface area contributed by atoms with E-state index in [1.807, 2.05) is 63.2 Å². The first-order valence-corrected chi connectivity index (χ1v) is 11.6. The molecule has 8 heteroatoms. The average Bonchev–Trinajstić information content (AvgIpc) is 3.35.